The second-order valence-electron chi connectivity index (χ2n) is 6.08. The predicted octanol–water partition coefficient (Wildman–Crippen LogP) is 0.707. The van der Waals surface area contributed by atoms with E-state index in [9.17, 15) is 9.90 Å². The van der Waals surface area contributed by atoms with Gasteiger partial charge in [-0.25, -0.2) is 0 Å². The van der Waals surface area contributed by atoms with E-state index >= 15 is 0 Å². The fourth-order valence-electron chi connectivity index (χ4n) is 3.14. The first-order valence-corrected chi connectivity index (χ1v) is 8.55. The molecule has 2 aromatic rings. The van der Waals surface area contributed by atoms with Crippen molar-refractivity contribution in [2.45, 2.75) is 19.5 Å². The number of fused-ring (bicyclic) bond motifs is 1. The maximum atomic E-state index is 13.1. The van der Waals surface area contributed by atoms with Gasteiger partial charge in [0.1, 0.15) is 11.5 Å². The van der Waals surface area contributed by atoms with Crippen molar-refractivity contribution in [2.24, 2.45) is 0 Å². The molecule has 3 N–H and O–H groups in total. The molecule has 0 saturated carbocycles. The number of aromatic amines is 1. The highest BCUT2D eigenvalue weighted by Gasteiger charge is 2.26. The van der Waals surface area contributed by atoms with Gasteiger partial charge >= 0.3 is 0 Å². The number of nitrogens with zero attached hydrogens (tertiary/aromatic N) is 2. The molecule has 0 unspecified atom stereocenters. The first-order valence-electron chi connectivity index (χ1n) is 8.55. The molecule has 0 atom stereocenters. The fourth-order valence-corrected chi connectivity index (χ4v) is 3.14. The molecule has 8 heteroatoms. The van der Waals surface area contributed by atoms with Gasteiger partial charge < -0.3 is 24.8 Å². The molecule has 0 bridgehead atoms. The number of ether oxygens (including phenoxy) is 2. The largest absolute Gasteiger partial charge is 0.497 e. The van der Waals surface area contributed by atoms with Crippen LogP contribution in [0, 0.1) is 0 Å². The molecule has 2 heterocycles. The number of aliphatic hydroxyl groups excluding tert-OH is 1. The number of nitrogens with one attached hydrogen (secondary N) is 2. The van der Waals surface area contributed by atoms with Crippen LogP contribution in [0.25, 0.3) is 0 Å². The van der Waals surface area contributed by atoms with Crippen LogP contribution >= 0.6 is 0 Å². The first kappa shape index (κ1) is 18.2. The Labute approximate surface area is 152 Å². The van der Waals surface area contributed by atoms with Gasteiger partial charge in [-0.2, -0.15) is 5.10 Å². The zero-order valence-electron chi connectivity index (χ0n) is 15.0. The Bertz CT molecular complexity index is 775. The SMILES string of the molecule is COc1ccc(OC)c(CN(CCO)C(=O)c2n[nH]c3c2CNCC3)c1. The van der Waals surface area contributed by atoms with Crippen LogP contribution in [-0.4, -0.2) is 60.0 Å². The van der Waals surface area contributed by atoms with E-state index < -0.39 is 0 Å². The molecule has 0 fully saturated rings. The number of rotatable bonds is 7. The lowest BCUT2D eigenvalue weighted by atomic mass is 10.1. The van der Waals surface area contributed by atoms with E-state index in [1.54, 1.807) is 31.3 Å². The highest BCUT2D eigenvalue weighted by molar-refractivity contribution is 5.94. The second-order valence-corrected chi connectivity index (χ2v) is 6.08. The molecule has 1 aliphatic heterocycles. The van der Waals surface area contributed by atoms with Crippen LogP contribution in [0.5, 0.6) is 11.5 Å². The van der Waals surface area contributed by atoms with Crippen molar-refractivity contribution in [2.75, 3.05) is 33.9 Å². The minimum absolute atomic E-state index is 0.136. The second kappa shape index (κ2) is 8.20. The molecule has 0 saturated heterocycles. The molecule has 1 aromatic heterocycles. The van der Waals surface area contributed by atoms with Gasteiger partial charge in [-0.1, -0.05) is 0 Å². The Kier molecular flexibility index (Phi) is 5.75. The van der Waals surface area contributed by atoms with Crippen LogP contribution in [0.15, 0.2) is 18.2 Å². The van der Waals surface area contributed by atoms with Crippen LogP contribution in [0.1, 0.15) is 27.3 Å². The maximum Gasteiger partial charge on any atom is 0.275 e. The van der Waals surface area contributed by atoms with Gasteiger partial charge in [-0.05, 0) is 18.2 Å². The van der Waals surface area contributed by atoms with Gasteiger partial charge in [-0.3, -0.25) is 9.89 Å². The lowest BCUT2D eigenvalue weighted by molar-refractivity contribution is 0.0699. The molecular weight excluding hydrogens is 336 g/mol. The van der Waals surface area contributed by atoms with E-state index in [0.717, 1.165) is 29.8 Å². The minimum atomic E-state index is -0.217. The highest BCUT2D eigenvalue weighted by Crippen LogP contribution is 2.26. The number of methoxy groups -OCH3 is 2. The molecule has 140 valence electrons. The monoisotopic (exact) mass is 360 g/mol. The smallest absolute Gasteiger partial charge is 0.275 e. The van der Waals surface area contributed by atoms with Crippen molar-refractivity contribution in [3.8, 4) is 11.5 Å². The standard InChI is InChI=1S/C18H24N4O4/c1-25-13-3-4-16(26-2)12(9-13)11-22(7-8-23)18(24)17-14-10-19-6-5-15(14)20-21-17/h3-4,9,19,23H,5-8,10-11H2,1-2H3,(H,20,21). The maximum absolute atomic E-state index is 13.1. The van der Waals surface area contributed by atoms with E-state index in [2.05, 4.69) is 15.5 Å². The molecule has 0 spiro atoms. The Morgan fingerprint density at radius 1 is 1.35 bits per heavy atom. The van der Waals surface area contributed by atoms with E-state index in [1.165, 1.54) is 0 Å². The first-order chi connectivity index (χ1) is 12.7. The van der Waals surface area contributed by atoms with Crippen molar-refractivity contribution in [1.82, 2.24) is 20.4 Å². The number of amides is 1. The lowest BCUT2D eigenvalue weighted by Crippen LogP contribution is -2.35. The quantitative estimate of drug-likeness (QED) is 0.672. The summed E-state index contributed by atoms with van der Waals surface area (Å²) in [5.74, 6) is 1.12. The summed E-state index contributed by atoms with van der Waals surface area (Å²) in [6, 6.07) is 5.43. The van der Waals surface area contributed by atoms with Crippen molar-refractivity contribution in [1.29, 1.82) is 0 Å². The number of carbonyl (C=O) groups excluding carboxylic acids is 1. The average Bonchev–Trinajstić information content (AvgIpc) is 3.11. The van der Waals surface area contributed by atoms with E-state index in [0.29, 0.717) is 23.7 Å². The minimum Gasteiger partial charge on any atom is -0.497 e. The summed E-state index contributed by atoms with van der Waals surface area (Å²) in [7, 11) is 3.17. The van der Waals surface area contributed by atoms with E-state index in [4.69, 9.17) is 9.47 Å². The summed E-state index contributed by atoms with van der Waals surface area (Å²) in [6.45, 7) is 1.83. The number of benzene rings is 1. The van der Waals surface area contributed by atoms with Crippen molar-refractivity contribution < 1.29 is 19.4 Å². The molecule has 1 aliphatic rings. The summed E-state index contributed by atoms with van der Waals surface area (Å²) in [6.07, 6.45) is 0.819. The number of hydrogen-bond acceptors (Lipinski definition) is 6. The Morgan fingerprint density at radius 2 is 2.19 bits per heavy atom. The van der Waals surface area contributed by atoms with Gasteiger partial charge in [-0.15, -0.1) is 0 Å². The van der Waals surface area contributed by atoms with Gasteiger partial charge in [0.15, 0.2) is 5.69 Å². The van der Waals surface area contributed by atoms with E-state index in [-0.39, 0.29) is 25.6 Å². The zero-order chi connectivity index (χ0) is 18.5. The number of hydrogen-bond donors (Lipinski definition) is 3. The third-order valence-corrected chi connectivity index (χ3v) is 4.51. The topological polar surface area (TPSA) is 99.7 Å². The molecular formula is C18H24N4O4. The summed E-state index contributed by atoms with van der Waals surface area (Å²) in [5, 5.41) is 19.9. The summed E-state index contributed by atoms with van der Waals surface area (Å²) in [4.78, 5) is 14.6. The summed E-state index contributed by atoms with van der Waals surface area (Å²) >= 11 is 0. The molecule has 0 aliphatic carbocycles. The highest BCUT2D eigenvalue weighted by atomic mass is 16.5. The number of aromatic nitrogens is 2. The van der Waals surface area contributed by atoms with E-state index in [1.807, 2.05) is 6.07 Å². The molecule has 1 amide bonds. The number of H-pyrrole nitrogens is 1. The normalized spacial score (nSPS) is 13.2. The molecule has 26 heavy (non-hydrogen) atoms. The fraction of sp³-hybridized carbons (Fsp3) is 0.444. The van der Waals surface area contributed by atoms with Crippen LogP contribution < -0.4 is 14.8 Å². The third kappa shape index (κ3) is 3.66. The average molecular weight is 360 g/mol. The predicted molar refractivity (Wildman–Crippen MR) is 95.4 cm³/mol. The van der Waals surface area contributed by atoms with Crippen molar-refractivity contribution in [3.63, 3.8) is 0 Å². The van der Waals surface area contributed by atoms with Gasteiger partial charge in [0.25, 0.3) is 5.91 Å². The van der Waals surface area contributed by atoms with Gasteiger partial charge in [0, 0.05) is 49.4 Å². The number of carbonyl (C=O) groups is 1. The summed E-state index contributed by atoms with van der Waals surface area (Å²) in [5.41, 5.74) is 3.11. The van der Waals surface area contributed by atoms with Crippen LogP contribution in [0.2, 0.25) is 0 Å². The Morgan fingerprint density at radius 3 is 2.92 bits per heavy atom. The molecule has 8 nitrogen and oxygen atoms in total. The lowest BCUT2D eigenvalue weighted by Gasteiger charge is -2.23. The molecule has 1 aromatic carbocycles. The van der Waals surface area contributed by atoms with Gasteiger partial charge in [0.2, 0.25) is 0 Å². The zero-order valence-corrected chi connectivity index (χ0v) is 15.0. The Hall–Kier alpha value is -2.58. The summed E-state index contributed by atoms with van der Waals surface area (Å²) < 4.78 is 10.7. The number of aliphatic hydroxyl groups is 1. The van der Waals surface area contributed by atoms with Crippen molar-refractivity contribution >= 4 is 5.91 Å². The molecule has 0 radical (unpaired) electrons. The van der Waals surface area contributed by atoms with Gasteiger partial charge in [0.05, 0.1) is 20.8 Å². The van der Waals surface area contributed by atoms with Crippen LogP contribution in [0.4, 0.5) is 0 Å². The van der Waals surface area contributed by atoms with Crippen LogP contribution in [-0.2, 0) is 19.5 Å². The molecule has 3 rings (SSSR count). The Balaban J connectivity index is 1.88. The third-order valence-electron chi connectivity index (χ3n) is 4.51. The van der Waals surface area contributed by atoms with Crippen molar-refractivity contribution in [3.05, 3.63) is 40.7 Å². The van der Waals surface area contributed by atoms with Crippen LogP contribution in [0.3, 0.4) is 0 Å².